The van der Waals surface area contributed by atoms with Gasteiger partial charge in [0.1, 0.15) is 28.8 Å². The first-order valence-electron chi connectivity index (χ1n) is 8.56. The number of benzene rings is 1. The molecule has 142 valence electrons. The summed E-state index contributed by atoms with van der Waals surface area (Å²) in [4.78, 5) is 4.37. The molecule has 2 rings (SSSR count). The average Bonchev–Trinajstić information content (AvgIpc) is 2.99. The molecule has 0 fully saturated rings. The molecule has 0 saturated heterocycles. The number of aryl methyl sites for hydroxylation is 1. The van der Waals surface area contributed by atoms with Crippen molar-refractivity contribution in [3.63, 3.8) is 0 Å². The van der Waals surface area contributed by atoms with Crippen LogP contribution in [0.25, 0.3) is 0 Å². The molecular formula is C19H25F2N3O2. The smallest absolute Gasteiger partial charge is 0.191 e. The first-order valence-corrected chi connectivity index (χ1v) is 8.56. The van der Waals surface area contributed by atoms with Crippen LogP contribution in [0.5, 0.6) is 0 Å². The lowest BCUT2D eigenvalue weighted by Crippen LogP contribution is -2.39. The number of nitrogens with zero attached hydrogens (tertiary/aromatic N) is 1. The van der Waals surface area contributed by atoms with E-state index in [0.717, 1.165) is 11.8 Å². The lowest BCUT2D eigenvalue weighted by atomic mass is 10.0. The minimum absolute atomic E-state index is 0.101. The van der Waals surface area contributed by atoms with E-state index >= 15 is 0 Å². The summed E-state index contributed by atoms with van der Waals surface area (Å²) < 4.78 is 31.9. The van der Waals surface area contributed by atoms with E-state index in [9.17, 15) is 13.9 Å². The second-order valence-corrected chi connectivity index (χ2v) is 6.33. The zero-order valence-electron chi connectivity index (χ0n) is 15.3. The summed E-state index contributed by atoms with van der Waals surface area (Å²) >= 11 is 0. The van der Waals surface area contributed by atoms with Crippen molar-refractivity contribution >= 4 is 5.96 Å². The maximum atomic E-state index is 13.2. The van der Waals surface area contributed by atoms with Crippen molar-refractivity contribution in [1.29, 1.82) is 0 Å². The predicted molar refractivity (Wildman–Crippen MR) is 97.1 cm³/mol. The molecule has 2 aromatic rings. The van der Waals surface area contributed by atoms with Gasteiger partial charge in [-0.25, -0.2) is 13.8 Å². The second kappa shape index (κ2) is 8.80. The Morgan fingerprint density at radius 3 is 2.46 bits per heavy atom. The first kappa shape index (κ1) is 19.9. The molecule has 0 aliphatic rings. The van der Waals surface area contributed by atoms with Crippen LogP contribution in [-0.2, 0) is 12.0 Å². The van der Waals surface area contributed by atoms with Crippen LogP contribution in [0.2, 0.25) is 0 Å². The molecule has 0 spiro atoms. The fourth-order valence-electron chi connectivity index (χ4n) is 2.46. The predicted octanol–water partition coefficient (Wildman–Crippen LogP) is 2.87. The number of nitrogens with one attached hydrogen (secondary N) is 2. The number of hydrogen-bond donors (Lipinski definition) is 3. The number of rotatable bonds is 7. The van der Waals surface area contributed by atoms with Gasteiger partial charge in [0.25, 0.3) is 0 Å². The Morgan fingerprint density at radius 1 is 1.19 bits per heavy atom. The molecule has 26 heavy (non-hydrogen) atoms. The van der Waals surface area contributed by atoms with Crippen molar-refractivity contribution in [1.82, 2.24) is 10.6 Å². The fraction of sp³-hybridized carbons (Fsp3) is 0.421. The van der Waals surface area contributed by atoms with Crippen LogP contribution >= 0.6 is 0 Å². The largest absolute Gasteiger partial charge is 0.463 e. The third kappa shape index (κ3) is 5.84. The third-order valence-corrected chi connectivity index (χ3v) is 3.79. The normalized spacial score (nSPS) is 14.2. The van der Waals surface area contributed by atoms with E-state index in [1.807, 2.05) is 13.8 Å². The van der Waals surface area contributed by atoms with Crippen LogP contribution in [0.4, 0.5) is 8.78 Å². The Kier molecular flexibility index (Phi) is 6.74. The van der Waals surface area contributed by atoms with Crippen LogP contribution < -0.4 is 10.6 Å². The summed E-state index contributed by atoms with van der Waals surface area (Å²) in [7, 11) is 0. The maximum absolute atomic E-state index is 13.2. The Hall–Kier alpha value is -2.41. The number of furan rings is 1. The van der Waals surface area contributed by atoms with Gasteiger partial charge in [-0.2, -0.15) is 0 Å². The number of guanidine groups is 1. The maximum Gasteiger partial charge on any atom is 0.191 e. The molecule has 0 bridgehead atoms. The van der Waals surface area contributed by atoms with Gasteiger partial charge in [0.15, 0.2) is 5.96 Å². The van der Waals surface area contributed by atoms with E-state index in [0.29, 0.717) is 36.8 Å². The molecule has 1 aromatic heterocycles. The van der Waals surface area contributed by atoms with E-state index in [-0.39, 0.29) is 6.54 Å². The topological polar surface area (TPSA) is 69.8 Å². The highest BCUT2D eigenvalue weighted by Crippen LogP contribution is 2.23. The van der Waals surface area contributed by atoms with Crippen molar-refractivity contribution in [2.24, 2.45) is 4.99 Å². The standard InChI is InChI=1S/C19H25F2N3O2/c1-4-22-18(23-8-7-14-9-15(20)11-16(21)10-14)24-12-19(3,25)17-6-5-13(2)26-17/h5-6,9-11,25H,4,7-8,12H2,1-3H3,(H2,22,23,24). The van der Waals surface area contributed by atoms with E-state index < -0.39 is 17.2 Å². The molecule has 0 saturated carbocycles. The molecule has 3 N–H and O–H groups in total. The van der Waals surface area contributed by atoms with Crippen molar-refractivity contribution in [3.8, 4) is 0 Å². The van der Waals surface area contributed by atoms with Crippen LogP contribution in [-0.4, -0.2) is 30.7 Å². The Morgan fingerprint density at radius 2 is 1.88 bits per heavy atom. The summed E-state index contributed by atoms with van der Waals surface area (Å²) in [6.45, 7) is 6.55. The summed E-state index contributed by atoms with van der Waals surface area (Å²) in [5.41, 5.74) is -0.675. The number of aliphatic hydroxyl groups is 1. The van der Waals surface area contributed by atoms with Crippen molar-refractivity contribution in [2.75, 3.05) is 19.6 Å². The Labute approximate surface area is 152 Å². The zero-order chi connectivity index (χ0) is 19.2. The molecular weight excluding hydrogens is 340 g/mol. The van der Waals surface area contributed by atoms with E-state index in [1.165, 1.54) is 12.1 Å². The van der Waals surface area contributed by atoms with Crippen molar-refractivity contribution in [3.05, 3.63) is 59.1 Å². The highest BCUT2D eigenvalue weighted by molar-refractivity contribution is 5.79. The summed E-state index contributed by atoms with van der Waals surface area (Å²) in [6, 6.07) is 6.97. The van der Waals surface area contributed by atoms with Gasteiger partial charge in [-0.05, 0) is 57.0 Å². The lowest BCUT2D eigenvalue weighted by molar-refractivity contribution is 0.0428. The lowest BCUT2D eigenvalue weighted by Gasteiger charge is -2.19. The van der Waals surface area contributed by atoms with Gasteiger partial charge in [0.05, 0.1) is 6.54 Å². The van der Waals surface area contributed by atoms with Gasteiger partial charge < -0.3 is 20.2 Å². The van der Waals surface area contributed by atoms with E-state index in [1.54, 1.807) is 19.1 Å². The van der Waals surface area contributed by atoms with Gasteiger partial charge in [0, 0.05) is 19.2 Å². The van der Waals surface area contributed by atoms with Crippen molar-refractivity contribution < 1.29 is 18.3 Å². The third-order valence-electron chi connectivity index (χ3n) is 3.79. The van der Waals surface area contributed by atoms with Crippen LogP contribution in [0.1, 0.15) is 30.9 Å². The first-order chi connectivity index (χ1) is 12.3. The van der Waals surface area contributed by atoms with Gasteiger partial charge in [0.2, 0.25) is 0 Å². The molecule has 7 heteroatoms. The number of hydrogen-bond acceptors (Lipinski definition) is 3. The van der Waals surface area contributed by atoms with Crippen LogP contribution in [0, 0.1) is 18.6 Å². The summed E-state index contributed by atoms with van der Waals surface area (Å²) in [5, 5.41) is 16.7. The molecule has 1 unspecified atom stereocenters. The van der Waals surface area contributed by atoms with Crippen LogP contribution in [0.15, 0.2) is 39.7 Å². The van der Waals surface area contributed by atoms with Gasteiger partial charge >= 0.3 is 0 Å². The highest BCUT2D eigenvalue weighted by atomic mass is 19.1. The summed E-state index contributed by atoms with van der Waals surface area (Å²) in [5.74, 6) is 0.491. The Balaban J connectivity index is 1.95. The zero-order valence-corrected chi connectivity index (χ0v) is 15.3. The monoisotopic (exact) mass is 365 g/mol. The minimum Gasteiger partial charge on any atom is -0.463 e. The van der Waals surface area contributed by atoms with Gasteiger partial charge in [-0.1, -0.05) is 0 Å². The number of aliphatic imine (C=N–C) groups is 1. The number of halogens is 2. The molecule has 0 amide bonds. The second-order valence-electron chi connectivity index (χ2n) is 6.33. The van der Waals surface area contributed by atoms with E-state index in [2.05, 4.69) is 15.6 Å². The molecule has 1 aromatic carbocycles. The average molecular weight is 365 g/mol. The van der Waals surface area contributed by atoms with Gasteiger partial charge in [-0.3, -0.25) is 0 Å². The molecule has 0 aliphatic carbocycles. The molecule has 1 atom stereocenters. The van der Waals surface area contributed by atoms with E-state index in [4.69, 9.17) is 4.42 Å². The molecule has 1 heterocycles. The highest BCUT2D eigenvalue weighted by Gasteiger charge is 2.26. The van der Waals surface area contributed by atoms with Crippen LogP contribution in [0.3, 0.4) is 0 Å². The quantitative estimate of drug-likeness (QED) is 0.521. The Bertz CT molecular complexity index is 737. The summed E-state index contributed by atoms with van der Waals surface area (Å²) in [6.07, 6.45) is 0.437. The molecule has 0 aliphatic heterocycles. The molecule has 5 nitrogen and oxygen atoms in total. The van der Waals surface area contributed by atoms with Crippen molar-refractivity contribution in [2.45, 2.75) is 32.8 Å². The molecule has 0 radical (unpaired) electrons. The minimum atomic E-state index is -1.23. The SMILES string of the molecule is CCNC(=NCC(C)(O)c1ccc(C)o1)NCCc1cc(F)cc(F)c1. The van der Waals surface area contributed by atoms with Gasteiger partial charge in [-0.15, -0.1) is 0 Å². The fourth-order valence-corrected chi connectivity index (χ4v) is 2.46.